The third kappa shape index (κ3) is 2.24. The van der Waals surface area contributed by atoms with Crippen LogP contribution in [0.25, 0.3) is 0 Å². The molecule has 0 amide bonds. The minimum Gasteiger partial charge on any atom is -0.293 e. The molecule has 13 heavy (non-hydrogen) atoms. The number of hydrogen-bond acceptors (Lipinski definition) is 2. The van der Waals surface area contributed by atoms with E-state index in [1.165, 1.54) is 0 Å². The van der Waals surface area contributed by atoms with E-state index in [1.807, 2.05) is 20.8 Å². The quantitative estimate of drug-likeness (QED) is 0.580. The van der Waals surface area contributed by atoms with Crippen LogP contribution in [-0.4, -0.2) is 35.2 Å². The molecular weight excluding hydrogens is 176 g/mol. The summed E-state index contributed by atoms with van der Waals surface area (Å²) in [7, 11) is 0. The van der Waals surface area contributed by atoms with E-state index in [-0.39, 0.29) is 12.0 Å². The molecule has 0 atom stereocenters. The normalized spacial score (nSPS) is 24.8. The van der Waals surface area contributed by atoms with Gasteiger partial charge in [0.15, 0.2) is 0 Å². The van der Waals surface area contributed by atoms with Crippen LogP contribution in [0.1, 0.15) is 27.2 Å². The smallest absolute Gasteiger partial charge is 0.293 e. The molecule has 0 unspecified atom stereocenters. The van der Waals surface area contributed by atoms with Crippen LogP contribution in [0.5, 0.6) is 0 Å². The minimum atomic E-state index is -3.15. The monoisotopic (exact) mass is 191 g/mol. The molecule has 1 fully saturated rings. The van der Waals surface area contributed by atoms with Gasteiger partial charge in [-0.15, -0.1) is 0 Å². The first kappa shape index (κ1) is 10.6. The van der Waals surface area contributed by atoms with Gasteiger partial charge in [0.1, 0.15) is 0 Å². The molecule has 0 aromatic rings. The molecule has 1 saturated heterocycles. The fourth-order valence-electron chi connectivity index (χ4n) is 1.40. The Bertz CT molecular complexity index is 220. The molecule has 1 aliphatic heterocycles. The molecule has 0 aromatic heterocycles. The van der Waals surface area contributed by atoms with Gasteiger partial charge in [0, 0.05) is 18.5 Å². The second-order valence-corrected chi connectivity index (χ2v) is 4.47. The van der Waals surface area contributed by atoms with E-state index >= 15 is 0 Å². The van der Waals surface area contributed by atoms with E-state index in [2.05, 4.69) is 0 Å². The average Bonchev–Trinajstić information content (AvgIpc) is 1.92. The molecule has 0 bridgehead atoms. The van der Waals surface area contributed by atoms with Crippen LogP contribution in [-0.2, 0) is 4.79 Å². The van der Waals surface area contributed by atoms with E-state index < -0.39 is 18.3 Å². The topological polar surface area (TPSA) is 20.3 Å². The molecule has 0 radical (unpaired) electrons. The molecule has 0 aromatic carbocycles. The summed E-state index contributed by atoms with van der Waals surface area (Å²) < 4.78 is 26.0. The molecular formula is C9H15F2NO. The van der Waals surface area contributed by atoms with Gasteiger partial charge in [0.25, 0.3) is 0 Å². The van der Waals surface area contributed by atoms with Crippen molar-refractivity contribution in [1.29, 1.82) is 0 Å². The number of halogens is 2. The van der Waals surface area contributed by atoms with Crippen LogP contribution in [0, 0.1) is 0 Å². The molecule has 0 N–H and O–H groups in total. The first-order valence-electron chi connectivity index (χ1n) is 4.40. The number of ketones is 1. The highest BCUT2D eigenvalue weighted by atomic mass is 19.3. The second-order valence-electron chi connectivity index (χ2n) is 4.47. The molecule has 1 aliphatic rings. The van der Waals surface area contributed by atoms with Crippen LogP contribution in [0.15, 0.2) is 0 Å². The lowest BCUT2D eigenvalue weighted by Crippen LogP contribution is -2.55. The maximum absolute atomic E-state index is 13.0. The average molecular weight is 191 g/mol. The van der Waals surface area contributed by atoms with Gasteiger partial charge in [-0.2, -0.15) is 8.78 Å². The van der Waals surface area contributed by atoms with Crippen molar-refractivity contribution in [3.8, 4) is 0 Å². The lowest BCUT2D eigenvalue weighted by atomic mass is 9.98. The Morgan fingerprint density at radius 1 is 1.38 bits per heavy atom. The second kappa shape index (κ2) is 3.01. The molecule has 76 valence electrons. The molecule has 2 nitrogen and oxygen atoms in total. The van der Waals surface area contributed by atoms with Gasteiger partial charge < -0.3 is 0 Å². The number of alkyl halides is 2. The number of piperidine rings is 1. The van der Waals surface area contributed by atoms with Crippen LogP contribution >= 0.6 is 0 Å². The van der Waals surface area contributed by atoms with Crippen molar-refractivity contribution in [2.24, 2.45) is 0 Å². The van der Waals surface area contributed by atoms with E-state index in [1.54, 1.807) is 4.90 Å². The maximum atomic E-state index is 13.0. The summed E-state index contributed by atoms with van der Waals surface area (Å²) in [5.74, 6) is -4.07. The highest BCUT2D eigenvalue weighted by Crippen LogP contribution is 2.27. The van der Waals surface area contributed by atoms with Crippen molar-refractivity contribution in [3.05, 3.63) is 0 Å². The summed E-state index contributed by atoms with van der Waals surface area (Å²) in [6.45, 7) is 5.63. The summed E-state index contributed by atoms with van der Waals surface area (Å²) >= 11 is 0. The van der Waals surface area contributed by atoms with E-state index in [9.17, 15) is 13.6 Å². The molecule has 1 heterocycles. The van der Waals surface area contributed by atoms with Crippen LogP contribution in [0.2, 0.25) is 0 Å². The van der Waals surface area contributed by atoms with Gasteiger partial charge in [-0.05, 0) is 20.8 Å². The summed E-state index contributed by atoms with van der Waals surface area (Å²) in [5, 5.41) is 0. The SMILES string of the molecule is CC(C)(C)N1CCC(=O)C(F)(F)C1. The minimum absolute atomic E-state index is 0.0374. The Labute approximate surface area is 76.9 Å². The number of Topliss-reactive ketones (excluding diaryl/α,β-unsaturated/α-hetero) is 1. The van der Waals surface area contributed by atoms with Gasteiger partial charge in [0.2, 0.25) is 5.78 Å². The summed E-state index contributed by atoms with van der Waals surface area (Å²) in [5.41, 5.74) is -0.288. The van der Waals surface area contributed by atoms with Crippen molar-refractivity contribution in [1.82, 2.24) is 4.90 Å². The maximum Gasteiger partial charge on any atom is 0.317 e. The van der Waals surface area contributed by atoms with Gasteiger partial charge in [-0.1, -0.05) is 0 Å². The predicted molar refractivity (Wildman–Crippen MR) is 45.9 cm³/mol. The van der Waals surface area contributed by atoms with Gasteiger partial charge >= 0.3 is 5.92 Å². The molecule has 0 saturated carbocycles. The van der Waals surface area contributed by atoms with E-state index in [0.717, 1.165) is 0 Å². The Balaban J connectivity index is 2.72. The van der Waals surface area contributed by atoms with Crippen LogP contribution in [0.3, 0.4) is 0 Å². The van der Waals surface area contributed by atoms with Crippen molar-refractivity contribution in [2.75, 3.05) is 13.1 Å². The highest BCUT2D eigenvalue weighted by molar-refractivity contribution is 5.86. The lowest BCUT2D eigenvalue weighted by Gasteiger charge is -2.40. The van der Waals surface area contributed by atoms with Crippen molar-refractivity contribution in [3.63, 3.8) is 0 Å². The third-order valence-electron chi connectivity index (χ3n) is 2.35. The first-order chi connectivity index (χ1) is 5.73. The summed E-state index contributed by atoms with van der Waals surface area (Å²) in [6, 6.07) is 0. The number of carbonyl (C=O) groups is 1. The molecule has 1 rings (SSSR count). The summed E-state index contributed by atoms with van der Waals surface area (Å²) in [6.07, 6.45) is -0.0374. The largest absolute Gasteiger partial charge is 0.317 e. The Morgan fingerprint density at radius 2 is 1.92 bits per heavy atom. The lowest BCUT2D eigenvalue weighted by molar-refractivity contribution is -0.155. The first-order valence-corrected chi connectivity index (χ1v) is 4.40. The number of likely N-dealkylation sites (tertiary alicyclic amines) is 1. The van der Waals surface area contributed by atoms with Crippen molar-refractivity contribution < 1.29 is 13.6 Å². The Morgan fingerprint density at radius 3 is 2.31 bits per heavy atom. The summed E-state index contributed by atoms with van der Waals surface area (Å²) in [4.78, 5) is 12.5. The van der Waals surface area contributed by atoms with Crippen LogP contribution in [0.4, 0.5) is 8.78 Å². The van der Waals surface area contributed by atoms with Crippen molar-refractivity contribution >= 4 is 5.78 Å². The van der Waals surface area contributed by atoms with Gasteiger partial charge in [0.05, 0.1) is 6.54 Å². The van der Waals surface area contributed by atoms with Crippen molar-refractivity contribution in [2.45, 2.75) is 38.7 Å². The number of nitrogens with zero attached hydrogens (tertiary/aromatic N) is 1. The standard InChI is InChI=1S/C9H15F2NO/c1-8(2,3)12-5-4-7(13)9(10,11)6-12/h4-6H2,1-3H3. The molecule has 0 spiro atoms. The zero-order chi connectivity index (χ0) is 10.3. The zero-order valence-electron chi connectivity index (χ0n) is 8.23. The van der Waals surface area contributed by atoms with E-state index in [0.29, 0.717) is 6.54 Å². The highest BCUT2D eigenvalue weighted by Gasteiger charge is 2.45. The van der Waals surface area contributed by atoms with E-state index in [4.69, 9.17) is 0 Å². The Kier molecular flexibility index (Phi) is 2.45. The zero-order valence-corrected chi connectivity index (χ0v) is 8.23. The van der Waals surface area contributed by atoms with Gasteiger partial charge in [-0.3, -0.25) is 9.69 Å². The van der Waals surface area contributed by atoms with Crippen LogP contribution < -0.4 is 0 Å². The number of rotatable bonds is 0. The predicted octanol–water partition coefficient (Wildman–Crippen LogP) is 1.70. The Hall–Kier alpha value is -0.510. The van der Waals surface area contributed by atoms with Gasteiger partial charge in [-0.25, -0.2) is 0 Å². The molecule has 0 aliphatic carbocycles. The fraction of sp³-hybridized carbons (Fsp3) is 0.889. The number of hydrogen-bond donors (Lipinski definition) is 0. The molecule has 4 heteroatoms. The number of carbonyl (C=O) groups excluding carboxylic acids is 1. The third-order valence-corrected chi connectivity index (χ3v) is 2.35. The fourth-order valence-corrected chi connectivity index (χ4v) is 1.40.